The number of rotatable bonds is 0. The quantitative estimate of drug-likeness (QED) is 0.392. The second-order valence-corrected chi connectivity index (χ2v) is 0.154. The molecular formula is C3H3F. The van der Waals surface area contributed by atoms with Crippen LogP contribution in [-0.2, 0) is 0 Å². The Bertz CT molecular complexity index is 10.8. The Morgan fingerprint density at radius 1 is 1.75 bits per heavy atom. The van der Waals surface area contributed by atoms with Gasteiger partial charge in [-0.1, -0.05) is 6.58 Å². The minimum atomic E-state index is 0. The average Bonchev–Trinajstić information content (AvgIpc) is 0.918. The summed E-state index contributed by atoms with van der Waals surface area (Å²) in [7, 11) is 0. The molecule has 0 N–H and O–H groups in total. The van der Waals surface area contributed by atoms with E-state index in [0.29, 0.717) is 0 Å². The third-order valence-corrected chi connectivity index (χ3v) is 0. The van der Waals surface area contributed by atoms with Crippen LogP contribution in [0.25, 0.3) is 0 Å². The van der Waals surface area contributed by atoms with Gasteiger partial charge in [0.1, 0.15) is 0 Å². The highest BCUT2D eigenvalue weighted by Crippen LogP contribution is 1.48. The van der Waals surface area contributed by atoms with Crippen molar-refractivity contribution in [3.8, 4) is 0 Å². The first-order valence-electron chi connectivity index (χ1n) is 0.626. The van der Waals surface area contributed by atoms with Gasteiger partial charge in [0.05, 0.1) is 6.33 Å². The van der Waals surface area contributed by atoms with E-state index in [9.17, 15) is 4.39 Å². The fourth-order valence-corrected chi connectivity index (χ4v) is 0. The molecule has 0 rings (SSSR count). The van der Waals surface area contributed by atoms with E-state index in [0.717, 1.165) is 0 Å². The van der Waals surface area contributed by atoms with Crippen molar-refractivity contribution in [2.75, 3.05) is 0 Å². The van der Waals surface area contributed by atoms with Gasteiger partial charge in [-0.3, -0.25) is 0 Å². The van der Waals surface area contributed by atoms with Crippen molar-refractivity contribution in [2.45, 2.75) is 0 Å². The van der Waals surface area contributed by atoms with E-state index < -0.39 is 0 Å². The topological polar surface area (TPSA) is 0 Å². The van der Waals surface area contributed by atoms with Crippen molar-refractivity contribution in [3.63, 3.8) is 0 Å². The minimum absolute atomic E-state index is 0. The molecule has 4 heavy (non-hydrogen) atoms. The van der Waals surface area contributed by atoms with Crippen LogP contribution in [0.4, 0.5) is 4.39 Å². The predicted octanol–water partition coefficient (Wildman–Crippen LogP) is 1.18. The van der Waals surface area contributed by atoms with Crippen LogP contribution in [0.5, 0.6) is 0 Å². The third-order valence-electron chi connectivity index (χ3n) is 0. The third kappa shape index (κ3) is 6.88. The lowest BCUT2D eigenvalue weighted by molar-refractivity contribution is 0.725. The van der Waals surface area contributed by atoms with Crippen LogP contribution in [0.1, 0.15) is 0 Å². The molecule has 4 radical (unpaired) electrons. The Morgan fingerprint density at radius 2 is 1.75 bits per heavy atom. The van der Waals surface area contributed by atoms with E-state index in [1.54, 1.807) is 0 Å². The molecule has 0 aliphatic heterocycles. The van der Waals surface area contributed by atoms with E-state index >= 15 is 0 Å². The number of hydrogen-bond donors (Lipinski definition) is 0. The normalized spacial score (nSPS) is 3.25. The van der Waals surface area contributed by atoms with Crippen LogP contribution < -0.4 is 0 Å². The standard InChI is InChI=1S/C2H3F.C/c1-2-3;/h2H,1H2;. The first-order chi connectivity index (χ1) is 1.41. The lowest BCUT2D eigenvalue weighted by Gasteiger charge is -1.28. The Kier molecular flexibility index (Phi) is 38.9. The summed E-state index contributed by atoms with van der Waals surface area (Å²) < 4.78 is 10.1. The zero-order valence-electron chi connectivity index (χ0n) is 2.16. The van der Waals surface area contributed by atoms with Gasteiger partial charge in [-0.2, -0.15) is 0 Å². The van der Waals surface area contributed by atoms with Gasteiger partial charge in [-0.05, 0) is 0 Å². The van der Waals surface area contributed by atoms with E-state index in [-0.39, 0.29) is 13.8 Å². The first kappa shape index (κ1) is 9.38. The maximum atomic E-state index is 10.1. The molecule has 0 aromatic carbocycles. The highest BCUT2D eigenvalue weighted by molar-refractivity contribution is 4.39. The van der Waals surface area contributed by atoms with Crippen molar-refractivity contribution in [1.82, 2.24) is 0 Å². The summed E-state index contributed by atoms with van der Waals surface area (Å²) in [6.45, 7) is 2.69. The SMILES string of the molecule is C=CF.[C]. The molecule has 0 aromatic heterocycles. The molecular weight excluding hydrogens is 55.0 g/mol. The van der Waals surface area contributed by atoms with Crippen molar-refractivity contribution >= 4 is 0 Å². The fourth-order valence-electron chi connectivity index (χ4n) is 0. The zero-order valence-corrected chi connectivity index (χ0v) is 2.16. The zero-order chi connectivity index (χ0) is 2.71. The van der Waals surface area contributed by atoms with Crippen molar-refractivity contribution in [1.29, 1.82) is 0 Å². The van der Waals surface area contributed by atoms with Crippen LogP contribution >= 0.6 is 0 Å². The van der Waals surface area contributed by atoms with Gasteiger partial charge in [-0.15, -0.1) is 0 Å². The first-order valence-corrected chi connectivity index (χ1v) is 0.626. The van der Waals surface area contributed by atoms with Crippen molar-refractivity contribution < 1.29 is 4.39 Å². The van der Waals surface area contributed by atoms with Crippen molar-refractivity contribution in [3.05, 3.63) is 20.3 Å². The summed E-state index contributed by atoms with van der Waals surface area (Å²) in [4.78, 5) is 0. The molecule has 0 heterocycles. The fraction of sp³-hybridized carbons (Fsp3) is 0. The summed E-state index contributed by atoms with van der Waals surface area (Å²) in [5.74, 6) is 0. The Hall–Kier alpha value is -0.330. The molecule has 0 aliphatic rings. The molecule has 0 fully saturated rings. The molecule has 0 amide bonds. The van der Waals surface area contributed by atoms with Gasteiger partial charge in [0.25, 0.3) is 0 Å². The Balaban J connectivity index is 0. The molecule has 22 valence electrons. The molecule has 1 heteroatoms. The largest absolute Gasteiger partial charge is 0.216 e. The van der Waals surface area contributed by atoms with Crippen LogP contribution in [0.15, 0.2) is 12.9 Å². The van der Waals surface area contributed by atoms with Crippen LogP contribution in [0.3, 0.4) is 0 Å². The smallest absolute Gasteiger partial charge is 0.0795 e. The second-order valence-electron chi connectivity index (χ2n) is 0.154. The maximum Gasteiger partial charge on any atom is 0.0795 e. The van der Waals surface area contributed by atoms with Gasteiger partial charge in [0, 0.05) is 7.43 Å². The molecule has 0 unspecified atom stereocenters. The Morgan fingerprint density at radius 3 is 1.75 bits per heavy atom. The van der Waals surface area contributed by atoms with Gasteiger partial charge >= 0.3 is 0 Å². The summed E-state index contributed by atoms with van der Waals surface area (Å²) in [6.07, 6.45) is 0.250. The van der Waals surface area contributed by atoms with Gasteiger partial charge in [0.15, 0.2) is 0 Å². The van der Waals surface area contributed by atoms with Crippen LogP contribution in [0.2, 0.25) is 0 Å². The summed E-state index contributed by atoms with van der Waals surface area (Å²) in [5, 5.41) is 0. The van der Waals surface area contributed by atoms with Crippen LogP contribution in [-0.4, -0.2) is 0 Å². The van der Waals surface area contributed by atoms with Crippen molar-refractivity contribution in [2.24, 2.45) is 0 Å². The van der Waals surface area contributed by atoms with Crippen LogP contribution in [0, 0.1) is 7.43 Å². The van der Waals surface area contributed by atoms with E-state index in [1.807, 2.05) is 0 Å². The van der Waals surface area contributed by atoms with E-state index in [2.05, 4.69) is 6.58 Å². The average molecular weight is 58.1 g/mol. The molecule has 0 nitrogen and oxygen atoms in total. The molecule has 0 spiro atoms. The van der Waals surface area contributed by atoms with E-state index in [1.165, 1.54) is 0 Å². The van der Waals surface area contributed by atoms with Gasteiger partial charge in [-0.25, -0.2) is 4.39 Å². The molecule has 0 aliphatic carbocycles. The van der Waals surface area contributed by atoms with Gasteiger partial charge in [0.2, 0.25) is 0 Å². The second kappa shape index (κ2) is 16.6. The maximum absolute atomic E-state index is 10.1. The molecule has 0 saturated heterocycles. The Labute approximate surface area is 26.0 Å². The number of halogens is 1. The molecule has 0 saturated carbocycles. The van der Waals surface area contributed by atoms with Gasteiger partial charge < -0.3 is 0 Å². The molecule has 0 aromatic rings. The summed E-state index contributed by atoms with van der Waals surface area (Å²) in [5.41, 5.74) is 0. The minimum Gasteiger partial charge on any atom is -0.216 e. The summed E-state index contributed by atoms with van der Waals surface area (Å²) in [6, 6.07) is 0. The highest BCUT2D eigenvalue weighted by atomic mass is 19.1. The number of hydrogen-bond acceptors (Lipinski definition) is 0. The predicted molar refractivity (Wildman–Crippen MR) is 14.5 cm³/mol. The monoisotopic (exact) mass is 58.0 g/mol. The molecule has 0 atom stereocenters. The lowest BCUT2D eigenvalue weighted by Crippen LogP contribution is -0.990. The lowest BCUT2D eigenvalue weighted by atomic mass is 11.2. The van der Waals surface area contributed by atoms with E-state index in [4.69, 9.17) is 0 Å². The molecule has 0 bridgehead atoms. The summed E-state index contributed by atoms with van der Waals surface area (Å²) >= 11 is 0. The highest BCUT2D eigenvalue weighted by Gasteiger charge is 1.19.